The molecule has 39 heavy (non-hydrogen) atoms. The first kappa shape index (κ1) is 24.1. The van der Waals surface area contributed by atoms with Crippen molar-refractivity contribution in [2.75, 3.05) is 6.61 Å². The van der Waals surface area contributed by atoms with Gasteiger partial charge in [-0.25, -0.2) is 4.57 Å². The molecular formula is C35H33N2O2+. The van der Waals surface area contributed by atoms with Gasteiger partial charge in [0.1, 0.15) is 18.2 Å². The predicted octanol–water partition coefficient (Wildman–Crippen LogP) is 7.99. The minimum atomic E-state index is 0.463. The van der Waals surface area contributed by atoms with Crippen molar-refractivity contribution in [3.8, 4) is 28.5 Å². The molecule has 5 aromatic rings. The van der Waals surface area contributed by atoms with Gasteiger partial charge in [-0.05, 0) is 85.8 Å². The highest BCUT2D eigenvalue weighted by atomic mass is 16.5. The summed E-state index contributed by atoms with van der Waals surface area (Å²) >= 11 is 0. The molecule has 2 aromatic heterocycles. The molecule has 3 unspecified atom stereocenters. The van der Waals surface area contributed by atoms with Crippen LogP contribution in [0.15, 0.2) is 77.3 Å². The van der Waals surface area contributed by atoms with Gasteiger partial charge in [0.15, 0.2) is 6.20 Å². The summed E-state index contributed by atoms with van der Waals surface area (Å²) in [6.07, 6.45) is 8.65. The lowest BCUT2D eigenvalue weighted by molar-refractivity contribution is -0.660. The molecule has 0 spiro atoms. The van der Waals surface area contributed by atoms with E-state index in [1.54, 1.807) is 0 Å². The number of hydrogen-bond donors (Lipinski definition) is 0. The SMILES string of the molecule is Cc1ccc2c(oc3c(-c4ccc(C5CCC(C6CCCO6)C5)cc4)c(C#N)ccc32)c1-c1cccc[n+]1C. The molecule has 0 amide bonds. The van der Waals surface area contributed by atoms with Crippen molar-refractivity contribution in [1.82, 2.24) is 0 Å². The lowest BCUT2D eigenvalue weighted by Crippen LogP contribution is -2.30. The Labute approximate surface area is 229 Å². The van der Waals surface area contributed by atoms with Gasteiger partial charge in [0.25, 0.3) is 0 Å². The van der Waals surface area contributed by atoms with E-state index in [0.717, 1.165) is 56.5 Å². The Balaban J connectivity index is 1.32. The Kier molecular flexibility index (Phi) is 5.98. The Bertz CT molecular complexity index is 1740. The van der Waals surface area contributed by atoms with Crippen LogP contribution in [0.5, 0.6) is 0 Å². The molecule has 3 atom stereocenters. The van der Waals surface area contributed by atoms with Gasteiger partial charge in [-0.15, -0.1) is 0 Å². The second-order valence-corrected chi connectivity index (χ2v) is 11.4. The first-order valence-corrected chi connectivity index (χ1v) is 14.2. The third kappa shape index (κ3) is 4.04. The van der Waals surface area contributed by atoms with Crippen LogP contribution in [0.4, 0.5) is 0 Å². The van der Waals surface area contributed by atoms with Gasteiger partial charge in [0.05, 0.1) is 23.3 Å². The van der Waals surface area contributed by atoms with E-state index in [1.165, 1.54) is 37.7 Å². The number of aryl methyl sites for hydroxylation is 2. The minimum absolute atomic E-state index is 0.463. The van der Waals surface area contributed by atoms with Gasteiger partial charge in [-0.3, -0.25) is 0 Å². The van der Waals surface area contributed by atoms with Crippen LogP contribution in [0.1, 0.15) is 54.7 Å². The average Bonchev–Trinajstić information content (AvgIpc) is 3.73. The molecule has 7 rings (SSSR count). The Morgan fingerprint density at radius 3 is 2.41 bits per heavy atom. The van der Waals surface area contributed by atoms with Crippen molar-refractivity contribution in [1.29, 1.82) is 5.26 Å². The van der Waals surface area contributed by atoms with Gasteiger partial charge < -0.3 is 9.15 Å². The summed E-state index contributed by atoms with van der Waals surface area (Å²) in [4.78, 5) is 0. The topological polar surface area (TPSA) is 50.0 Å². The van der Waals surface area contributed by atoms with Gasteiger partial charge in [-0.1, -0.05) is 36.4 Å². The van der Waals surface area contributed by atoms with Crippen molar-refractivity contribution in [3.63, 3.8) is 0 Å². The molecule has 1 saturated heterocycles. The maximum atomic E-state index is 10.1. The highest BCUT2D eigenvalue weighted by Crippen LogP contribution is 2.44. The van der Waals surface area contributed by atoms with Crippen LogP contribution in [-0.4, -0.2) is 12.7 Å². The largest absolute Gasteiger partial charge is 0.454 e. The van der Waals surface area contributed by atoms with Crippen molar-refractivity contribution in [3.05, 3.63) is 89.6 Å². The smallest absolute Gasteiger partial charge is 0.216 e. The minimum Gasteiger partial charge on any atom is -0.454 e. The van der Waals surface area contributed by atoms with E-state index >= 15 is 0 Å². The van der Waals surface area contributed by atoms with Crippen molar-refractivity contribution >= 4 is 21.9 Å². The first-order valence-electron chi connectivity index (χ1n) is 14.2. The highest BCUT2D eigenvalue weighted by Gasteiger charge is 2.34. The molecular weight excluding hydrogens is 480 g/mol. The van der Waals surface area contributed by atoms with E-state index in [0.29, 0.717) is 23.5 Å². The van der Waals surface area contributed by atoms with E-state index in [1.807, 2.05) is 18.2 Å². The lowest BCUT2D eigenvalue weighted by Gasteiger charge is -2.18. The van der Waals surface area contributed by atoms with Gasteiger partial charge in [0.2, 0.25) is 5.69 Å². The van der Waals surface area contributed by atoms with Gasteiger partial charge in [0, 0.05) is 35.1 Å². The third-order valence-corrected chi connectivity index (χ3v) is 9.08. The van der Waals surface area contributed by atoms with Crippen LogP contribution in [0.3, 0.4) is 0 Å². The van der Waals surface area contributed by atoms with Crippen molar-refractivity contribution in [2.45, 2.75) is 51.0 Å². The number of benzene rings is 3. The summed E-state index contributed by atoms with van der Waals surface area (Å²) in [5.41, 5.74) is 8.93. The molecule has 0 radical (unpaired) electrons. The third-order valence-electron chi connectivity index (χ3n) is 9.08. The number of nitriles is 1. The van der Waals surface area contributed by atoms with Crippen LogP contribution in [0, 0.1) is 24.2 Å². The van der Waals surface area contributed by atoms with Crippen LogP contribution >= 0.6 is 0 Å². The highest BCUT2D eigenvalue weighted by molar-refractivity contribution is 6.14. The molecule has 3 heterocycles. The second-order valence-electron chi connectivity index (χ2n) is 11.4. The fourth-order valence-electron chi connectivity index (χ4n) is 7.04. The maximum Gasteiger partial charge on any atom is 0.216 e. The van der Waals surface area contributed by atoms with Crippen LogP contribution in [-0.2, 0) is 11.8 Å². The Hall–Kier alpha value is -3.94. The number of ether oxygens (including phenoxy) is 1. The summed E-state index contributed by atoms with van der Waals surface area (Å²) in [7, 11) is 2.06. The first-order chi connectivity index (χ1) is 19.1. The number of pyridine rings is 1. The number of hydrogen-bond acceptors (Lipinski definition) is 3. The predicted molar refractivity (Wildman–Crippen MR) is 154 cm³/mol. The normalized spacial score (nSPS) is 21.1. The number of aromatic nitrogens is 1. The van der Waals surface area contributed by atoms with E-state index < -0.39 is 0 Å². The second kappa shape index (κ2) is 9.67. The number of furan rings is 1. The Morgan fingerprint density at radius 1 is 0.872 bits per heavy atom. The zero-order chi connectivity index (χ0) is 26.5. The molecule has 0 bridgehead atoms. The van der Waals surface area contributed by atoms with Crippen molar-refractivity contribution in [2.24, 2.45) is 13.0 Å². The van der Waals surface area contributed by atoms with Crippen LogP contribution < -0.4 is 4.57 Å². The number of fused-ring (bicyclic) bond motifs is 3. The van der Waals surface area contributed by atoms with E-state index in [2.05, 4.69) is 79.3 Å². The zero-order valence-electron chi connectivity index (χ0n) is 22.6. The average molecular weight is 514 g/mol. The molecule has 1 aliphatic heterocycles. The fraction of sp³-hybridized carbons (Fsp3) is 0.314. The molecule has 2 aliphatic rings. The summed E-state index contributed by atoms with van der Waals surface area (Å²) in [6, 6.07) is 25.8. The molecule has 0 N–H and O–H groups in total. The standard InChI is InChI=1S/C35H33N2O2/c1-22-8-16-28-29-17-15-27(21-36)33(35(29)39-34(28)32(22)30-6-3-4-18-37(30)2)24-11-9-23(10-12-24)25-13-14-26(20-25)31-7-5-19-38-31/h3-4,6,8-12,15-18,25-26,31H,5,7,13-14,19-20H2,1-2H3/q+1. The molecule has 2 fully saturated rings. The summed E-state index contributed by atoms with van der Waals surface area (Å²) < 4.78 is 14.8. The molecule has 4 nitrogen and oxygen atoms in total. The Morgan fingerprint density at radius 2 is 1.67 bits per heavy atom. The van der Waals surface area contributed by atoms with Crippen LogP contribution in [0.2, 0.25) is 0 Å². The van der Waals surface area contributed by atoms with Gasteiger partial charge >= 0.3 is 0 Å². The summed E-state index contributed by atoms with van der Waals surface area (Å²) in [5.74, 6) is 1.28. The van der Waals surface area contributed by atoms with Gasteiger partial charge in [-0.2, -0.15) is 5.26 Å². The van der Waals surface area contributed by atoms with E-state index in [-0.39, 0.29) is 0 Å². The fourth-order valence-corrected chi connectivity index (χ4v) is 7.04. The summed E-state index contributed by atoms with van der Waals surface area (Å²) in [6.45, 7) is 3.06. The number of nitrogens with zero attached hydrogens (tertiary/aromatic N) is 2. The molecule has 3 aromatic carbocycles. The van der Waals surface area contributed by atoms with E-state index in [4.69, 9.17) is 9.15 Å². The molecule has 4 heteroatoms. The van der Waals surface area contributed by atoms with E-state index in [9.17, 15) is 5.26 Å². The van der Waals surface area contributed by atoms with Crippen molar-refractivity contribution < 1.29 is 13.7 Å². The summed E-state index contributed by atoms with van der Waals surface area (Å²) in [5, 5.41) is 12.2. The van der Waals surface area contributed by atoms with Crippen LogP contribution in [0.25, 0.3) is 44.3 Å². The molecule has 1 saturated carbocycles. The number of rotatable bonds is 4. The zero-order valence-corrected chi connectivity index (χ0v) is 22.6. The molecule has 194 valence electrons. The monoisotopic (exact) mass is 513 g/mol. The quantitative estimate of drug-likeness (QED) is 0.229. The molecule has 1 aliphatic carbocycles. The maximum absolute atomic E-state index is 10.1. The lowest BCUT2D eigenvalue weighted by atomic mass is 9.91.